The first kappa shape index (κ1) is 22.1. The number of hydrogen-bond acceptors (Lipinski definition) is 2. The highest BCUT2D eigenvalue weighted by molar-refractivity contribution is 5.75. The van der Waals surface area contributed by atoms with Crippen LogP contribution >= 0.6 is 0 Å². The van der Waals surface area contributed by atoms with Crippen LogP contribution in [-0.2, 0) is 0 Å². The van der Waals surface area contributed by atoms with E-state index in [9.17, 15) is 4.79 Å². The molecule has 1 aromatic carbocycles. The van der Waals surface area contributed by atoms with E-state index in [1.54, 1.807) is 0 Å². The minimum atomic E-state index is -0.193. The molecule has 2 heterocycles. The molecule has 1 unspecified atom stereocenters. The van der Waals surface area contributed by atoms with Gasteiger partial charge >= 0.3 is 6.03 Å². The molecule has 0 bridgehead atoms. The average Bonchev–Trinajstić information content (AvgIpc) is 2.58. The summed E-state index contributed by atoms with van der Waals surface area (Å²) in [4.78, 5) is 17.6. The number of hydrogen-bond donors (Lipinski definition) is 1. The van der Waals surface area contributed by atoms with Gasteiger partial charge in [0.1, 0.15) is 0 Å². The Kier molecular flexibility index (Phi) is 6.06. The molecular formula is C25H41N3O. The number of nitrogens with zero attached hydrogens (tertiary/aromatic N) is 2. The molecule has 4 heteroatoms. The predicted octanol–water partition coefficient (Wildman–Crippen LogP) is 5.46. The molecule has 1 atom stereocenters. The van der Waals surface area contributed by atoms with Crippen LogP contribution in [0.5, 0.6) is 0 Å². The molecule has 1 spiro atoms. The van der Waals surface area contributed by atoms with Crippen molar-refractivity contribution in [2.45, 2.75) is 85.4 Å². The van der Waals surface area contributed by atoms with Gasteiger partial charge in [-0.2, -0.15) is 0 Å². The van der Waals surface area contributed by atoms with Gasteiger partial charge in [-0.3, -0.25) is 4.90 Å². The molecule has 162 valence electrons. The summed E-state index contributed by atoms with van der Waals surface area (Å²) < 4.78 is 0. The number of carbonyl (C=O) groups is 1. The van der Waals surface area contributed by atoms with Gasteiger partial charge in [-0.15, -0.1) is 0 Å². The summed E-state index contributed by atoms with van der Waals surface area (Å²) in [5.41, 5.74) is 1.74. The first-order chi connectivity index (χ1) is 13.4. The zero-order valence-electron chi connectivity index (χ0n) is 19.6. The number of likely N-dealkylation sites (tertiary alicyclic amines) is 2. The second kappa shape index (κ2) is 7.94. The third kappa shape index (κ3) is 4.96. The minimum Gasteiger partial charge on any atom is -0.333 e. The number of nitrogens with one attached hydrogen (secondary N) is 1. The monoisotopic (exact) mass is 399 g/mol. The lowest BCUT2D eigenvalue weighted by molar-refractivity contribution is -0.123. The third-order valence-corrected chi connectivity index (χ3v) is 6.65. The average molecular weight is 400 g/mol. The largest absolute Gasteiger partial charge is 0.333 e. The van der Waals surface area contributed by atoms with Crippen LogP contribution in [-0.4, -0.2) is 47.0 Å². The van der Waals surface area contributed by atoms with Gasteiger partial charge < -0.3 is 10.2 Å². The molecule has 0 radical (unpaired) electrons. The lowest BCUT2D eigenvalue weighted by atomic mass is 9.62. The first-order valence-electron chi connectivity index (χ1n) is 11.3. The topological polar surface area (TPSA) is 35.6 Å². The van der Waals surface area contributed by atoms with Crippen LogP contribution in [0.25, 0.3) is 0 Å². The maximum absolute atomic E-state index is 12.9. The van der Waals surface area contributed by atoms with Crippen molar-refractivity contribution in [1.82, 2.24) is 15.1 Å². The SMILES string of the molecule is CC(C)N1CC2(CCN(C(=O)NC(C)(C)CC(C)(C)C)CC2)C1c1ccccc1. The Hall–Kier alpha value is -1.55. The van der Waals surface area contributed by atoms with E-state index in [0.717, 1.165) is 38.9 Å². The van der Waals surface area contributed by atoms with Crippen LogP contribution in [0.1, 0.15) is 79.3 Å². The Morgan fingerprint density at radius 3 is 2.21 bits per heavy atom. The molecule has 3 rings (SSSR count). The molecule has 1 aromatic rings. The molecular weight excluding hydrogens is 358 g/mol. The van der Waals surface area contributed by atoms with E-state index in [4.69, 9.17) is 0 Å². The first-order valence-corrected chi connectivity index (χ1v) is 11.3. The zero-order chi connectivity index (χ0) is 21.4. The van der Waals surface area contributed by atoms with Gasteiger partial charge in [-0.05, 0) is 57.9 Å². The normalized spacial score (nSPS) is 22.6. The number of amides is 2. The van der Waals surface area contributed by atoms with Crippen LogP contribution in [0.15, 0.2) is 30.3 Å². The Balaban J connectivity index is 1.64. The number of piperidine rings is 1. The number of rotatable bonds is 4. The lowest BCUT2D eigenvalue weighted by Gasteiger charge is -2.62. The van der Waals surface area contributed by atoms with Crippen molar-refractivity contribution in [2.24, 2.45) is 10.8 Å². The number of benzene rings is 1. The molecule has 2 fully saturated rings. The molecule has 1 N–H and O–H groups in total. The van der Waals surface area contributed by atoms with Crippen LogP contribution < -0.4 is 5.32 Å². The van der Waals surface area contributed by atoms with Crippen molar-refractivity contribution >= 4 is 6.03 Å². The molecule has 2 amide bonds. The fourth-order valence-corrected chi connectivity index (χ4v) is 5.77. The van der Waals surface area contributed by atoms with E-state index >= 15 is 0 Å². The quantitative estimate of drug-likeness (QED) is 0.730. The van der Waals surface area contributed by atoms with Crippen molar-refractivity contribution in [3.63, 3.8) is 0 Å². The standard InChI is InChI=1S/C25H41N3O/c1-19(2)28-18-25(21(28)20-11-9-8-10-12-20)13-15-27(16-14-25)22(29)26-24(6,7)17-23(3,4)5/h8-12,19,21H,13-18H2,1-7H3,(H,26,29). The van der Waals surface area contributed by atoms with E-state index in [0.29, 0.717) is 17.5 Å². The molecule has 2 saturated heterocycles. The van der Waals surface area contributed by atoms with Crippen molar-refractivity contribution < 1.29 is 4.79 Å². The summed E-state index contributed by atoms with van der Waals surface area (Å²) >= 11 is 0. The van der Waals surface area contributed by atoms with Crippen LogP contribution in [0.2, 0.25) is 0 Å². The molecule has 0 aromatic heterocycles. The van der Waals surface area contributed by atoms with E-state index in [1.807, 2.05) is 4.90 Å². The van der Waals surface area contributed by atoms with Crippen molar-refractivity contribution in [1.29, 1.82) is 0 Å². The summed E-state index contributed by atoms with van der Waals surface area (Å²) in [5, 5.41) is 3.29. The van der Waals surface area contributed by atoms with Gasteiger partial charge in [0.15, 0.2) is 0 Å². The fourth-order valence-electron chi connectivity index (χ4n) is 5.77. The van der Waals surface area contributed by atoms with Crippen molar-refractivity contribution in [3.05, 3.63) is 35.9 Å². The fraction of sp³-hybridized carbons (Fsp3) is 0.720. The van der Waals surface area contributed by atoms with Gasteiger partial charge in [0.25, 0.3) is 0 Å². The molecule has 0 saturated carbocycles. The van der Waals surface area contributed by atoms with Gasteiger partial charge in [0.2, 0.25) is 0 Å². The molecule has 0 aliphatic carbocycles. The smallest absolute Gasteiger partial charge is 0.317 e. The highest BCUT2D eigenvalue weighted by Gasteiger charge is 2.54. The summed E-state index contributed by atoms with van der Waals surface area (Å²) in [6.07, 6.45) is 3.13. The van der Waals surface area contributed by atoms with Gasteiger partial charge in [-0.25, -0.2) is 4.79 Å². The molecule has 2 aliphatic heterocycles. The maximum Gasteiger partial charge on any atom is 0.317 e. The van der Waals surface area contributed by atoms with Crippen LogP contribution in [0, 0.1) is 10.8 Å². The number of urea groups is 1. The summed E-state index contributed by atoms with van der Waals surface area (Å²) in [5.74, 6) is 0. The Bertz CT molecular complexity index is 697. The second-order valence-electron chi connectivity index (χ2n) is 11.5. The minimum absolute atomic E-state index is 0.102. The molecule has 2 aliphatic rings. The molecule has 29 heavy (non-hydrogen) atoms. The van der Waals surface area contributed by atoms with Crippen molar-refractivity contribution in [2.75, 3.05) is 19.6 Å². The second-order valence-corrected chi connectivity index (χ2v) is 11.5. The van der Waals surface area contributed by atoms with E-state index in [-0.39, 0.29) is 17.0 Å². The lowest BCUT2D eigenvalue weighted by Crippen LogP contribution is -2.65. The van der Waals surface area contributed by atoms with Crippen molar-refractivity contribution in [3.8, 4) is 0 Å². The van der Waals surface area contributed by atoms with Crippen LogP contribution in [0.3, 0.4) is 0 Å². The highest BCUT2D eigenvalue weighted by Crippen LogP contribution is 2.55. The third-order valence-electron chi connectivity index (χ3n) is 6.65. The Morgan fingerprint density at radius 1 is 1.10 bits per heavy atom. The van der Waals surface area contributed by atoms with Crippen LogP contribution in [0.4, 0.5) is 4.79 Å². The van der Waals surface area contributed by atoms with Gasteiger partial charge in [-0.1, -0.05) is 51.1 Å². The van der Waals surface area contributed by atoms with Gasteiger partial charge in [0.05, 0.1) is 0 Å². The summed E-state index contributed by atoms with van der Waals surface area (Å²) in [6, 6.07) is 12.1. The van der Waals surface area contributed by atoms with Gasteiger partial charge in [0, 0.05) is 42.7 Å². The molecule has 4 nitrogen and oxygen atoms in total. The Labute approximate surface area is 178 Å². The van der Waals surface area contributed by atoms with E-state index < -0.39 is 0 Å². The summed E-state index contributed by atoms with van der Waals surface area (Å²) in [7, 11) is 0. The predicted molar refractivity (Wildman–Crippen MR) is 121 cm³/mol. The van der Waals surface area contributed by atoms with E-state index in [2.05, 4.69) is 89.0 Å². The summed E-state index contributed by atoms with van der Waals surface area (Å²) in [6.45, 7) is 18.4. The van der Waals surface area contributed by atoms with E-state index in [1.165, 1.54) is 5.56 Å². The number of carbonyl (C=O) groups excluding carboxylic acids is 1. The Morgan fingerprint density at radius 2 is 1.69 bits per heavy atom. The maximum atomic E-state index is 12.9. The highest BCUT2D eigenvalue weighted by atomic mass is 16.2. The zero-order valence-corrected chi connectivity index (χ0v) is 19.6.